The van der Waals surface area contributed by atoms with Crippen molar-refractivity contribution in [2.75, 3.05) is 12.8 Å². The van der Waals surface area contributed by atoms with Gasteiger partial charge in [0, 0.05) is 6.20 Å². The molecule has 0 atom stereocenters. The number of esters is 1. The minimum absolute atomic E-state index is 0.330. The van der Waals surface area contributed by atoms with E-state index in [1.807, 2.05) is 0 Å². The SMILES string of the molecule is COC(=O)c1cccc(-n2cc(Br)cn2)c1N. The standard InChI is InChI=1S/C11H10BrN3O2/c1-17-11(16)8-3-2-4-9(10(8)13)15-6-7(12)5-14-15/h2-6H,13H2,1H3. The lowest BCUT2D eigenvalue weighted by molar-refractivity contribution is 0.0602. The summed E-state index contributed by atoms with van der Waals surface area (Å²) < 4.78 is 7.08. The zero-order valence-corrected chi connectivity index (χ0v) is 10.6. The minimum atomic E-state index is -0.462. The Bertz CT molecular complexity index is 566. The quantitative estimate of drug-likeness (QED) is 0.679. The molecule has 0 unspecified atom stereocenters. The van der Waals surface area contributed by atoms with Crippen LogP contribution >= 0.6 is 15.9 Å². The molecule has 2 aromatic rings. The van der Waals surface area contributed by atoms with E-state index in [-0.39, 0.29) is 0 Å². The van der Waals surface area contributed by atoms with Gasteiger partial charge in [0.15, 0.2) is 0 Å². The van der Waals surface area contributed by atoms with Crippen molar-refractivity contribution < 1.29 is 9.53 Å². The summed E-state index contributed by atoms with van der Waals surface area (Å²) in [7, 11) is 1.32. The van der Waals surface area contributed by atoms with Crippen LogP contribution in [0.5, 0.6) is 0 Å². The maximum atomic E-state index is 11.5. The number of anilines is 1. The number of nitrogens with two attached hydrogens (primary N) is 1. The van der Waals surface area contributed by atoms with Crippen LogP contribution in [-0.2, 0) is 4.74 Å². The Morgan fingerprint density at radius 2 is 2.29 bits per heavy atom. The molecule has 6 heteroatoms. The van der Waals surface area contributed by atoms with Crippen molar-refractivity contribution in [1.29, 1.82) is 0 Å². The largest absolute Gasteiger partial charge is 0.465 e. The fourth-order valence-electron chi connectivity index (χ4n) is 1.47. The Kier molecular flexibility index (Phi) is 3.14. The van der Waals surface area contributed by atoms with Crippen LogP contribution in [0.25, 0.3) is 5.69 Å². The summed E-state index contributed by atoms with van der Waals surface area (Å²) in [4.78, 5) is 11.5. The number of nitrogens with zero attached hydrogens (tertiary/aromatic N) is 2. The van der Waals surface area contributed by atoms with Gasteiger partial charge in [0.05, 0.1) is 34.7 Å². The number of methoxy groups -OCH3 is 1. The first kappa shape index (κ1) is 11.7. The zero-order chi connectivity index (χ0) is 12.4. The Morgan fingerprint density at radius 1 is 1.53 bits per heavy atom. The molecular formula is C11H10BrN3O2. The van der Waals surface area contributed by atoms with Crippen molar-refractivity contribution in [2.24, 2.45) is 0 Å². The van der Waals surface area contributed by atoms with E-state index in [4.69, 9.17) is 5.73 Å². The van der Waals surface area contributed by atoms with Gasteiger partial charge in [-0.25, -0.2) is 9.48 Å². The normalized spacial score (nSPS) is 10.2. The third kappa shape index (κ3) is 2.16. The number of aromatic nitrogens is 2. The number of ether oxygens (including phenoxy) is 1. The van der Waals surface area contributed by atoms with Crippen molar-refractivity contribution in [2.45, 2.75) is 0 Å². The summed E-state index contributed by atoms with van der Waals surface area (Å²) in [5, 5.41) is 4.11. The molecular weight excluding hydrogens is 286 g/mol. The Balaban J connectivity index is 2.53. The lowest BCUT2D eigenvalue weighted by Gasteiger charge is -2.09. The van der Waals surface area contributed by atoms with Crippen LogP contribution in [0, 0.1) is 0 Å². The Morgan fingerprint density at radius 3 is 2.88 bits per heavy atom. The average molecular weight is 296 g/mol. The number of hydrogen-bond acceptors (Lipinski definition) is 4. The molecule has 0 spiro atoms. The molecule has 17 heavy (non-hydrogen) atoms. The lowest BCUT2D eigenvalue weighted by atomic mass is 10.1. The number of carbonyl (C=O) groups excluding carboxylic acids is 1. The molecule has 1 aromatic heterocycles. The molecule has 0 radical (unpaired) electrons. The summed E-state index contributed by atoms with van der Waals surface area (Å²) in [6.07, 6.45) is 3.40. The second-order valence-electron chi connectivity index (χ2n) is 3.33. The number of benzene rings is 1. The Hall–Kier alpha value is -1.82. The molecule has 2 N–H and O–H groups in total. The maximum absolute atomic E-state index is 11.5. The zero-order valence-electron chi connectivity index (χ0n) is 9.05. The van der Waals surface area contributed by atoms with Crippen molar-refractivity contribution in [1.82, 2.24) is 9.78 Å². The topological polar surface area (TPSA) is 70.1 Å². The Labute approximate surface area is 106 Å². The van der Waals surface area contributed by atoms with Crippen LogP contribution in [0.2, 0.25) is 0 Å². The predicted octanol–water partition coefficient (Wildman–Crippen LogP) is 2.00. The highest BCUT2D eigenvalue weighted by Gasteiger charge is 2.14. The van der Waals surface area contributed by atoms with E-state index in [0.29, 0.717) is 16.9 Å². The number of carbonyl (C=O) groups is 1. The summed E-state index contributed by atoms with van der Waals surface area (Å²) in [5.41, 5.74) is 7.23. The average Bonchev–Trinajstić information content (AvgIpc) is 2.75. The molecule has 0 aliphatic carbocycles. The van der Waals surface area contributed by atoms with Crippen molar-refractivity contribution in [3.8, 4) is 5.69 Å². The van der Waals surface area contributed by atoms with Gasteiger partial charge in [0.25, 0.3) is 0 Å². The van der Waals surface area contributed by atoms with Gasteiger partial charge < -0.3 is 10.5 Å². The molecule has 88 valence electrons. The highest BCUT2D eigenvalue weighted by Crippen LogP contribution is 2.22. The number of para-hydroxylation sites is 1. The molecule has 5 nitrogen and oxygen atoms in total. The maximum Gasteiger partial charge on any atom is 0.340 e. The first-order valence-electron chi connectivity index (χ1n) is 4.81. The highest BCUT2D eigenvalue weighted by atomic mass is 79.9. The molecule has 0 amide bonds. The number of rotatable bonds is 2. The van der Waals surface area contributed by atoms with Gasteiger partial charge in [-0.1, -0.05) is 6.07 Å². The third-order valence-electron chi connectivity index (χ3n) is 2.29. The van der Waals surface area contributed by atoms with Crippen molar-refractivity contribution in [3.63, 3.8) is 0 Å². The first-order valence-corrected chi connectivity index (χ1v) is 5.60. The second-order valence-corrected chi connectivity index (χ2v) is 4.25. The smallest absolute Gasteiger partial charge is 0.340 e. The summed E-state index contributed by atoms with van der Waals surface area (Å²) in [6, 6.07) is 5.12. The van der Waals surface area contributed by atoms with E-state index in [2.05, 4.69) is 25.8 Å². The predicted molar refractivity (Wildman–Crippen MR) is 67.0 cm³/mol. The van der Waals surface area contributed by atoms with E-state index >= 15 is 0 Å². The second kappa shape index (κ2) is 4.58. The van der Waals surface area contributed by atoms with Gasteiger partial charge in [0.2, 0.25) is 0 Å². The van der Waals surface area contributed by atoms with Crippen LogP contribution in [0.15, 0.2) is 35.1 Å². The lowest BCUT2D eigenvalue weighted by Crippen LogP contribution is -2.09. The third-order valence-corrected chi connectivity index (χ3v) is 2.70. The molecule has 0 saturated carbocycles. The van der Waals surface area contributed by atoms with E-state index in [0.717, 1.165) is 4.47 Å². The van der Waals surface area contributed by atoms with Crippen LogP contribution in [0.4, 0.5) is 5.69 Å². The van der Waals surface area contributed by atoms with Crippen LogP contribution < -0.4 is 5.73 Å². The van der Waals surface area contributed by atoms with Gasteiger partial charge in [-0.2, -0.15) is 5.10 Å². The van der Waals surface area contributed by atoms with Crippen molar-refractivity contribution in [3.05, 3.63) is 40.6 Å². The molecule has 2 rings (SSSR count). The molecule has 0 aliphatic rings. The van der Waals surface area contributed by atoms with Crippen LogP contribution in [0.3, 0.4) is 0 Å². The van der Waals surface area contributed by atoms with E-state index in [1.54, 1.807) is 35.3 Å². The van der Waals surface area contributed by atoms with Gasteiger partial charge in [0.1, 0.15) is 0 Å². The van der Waals surface area contributed by atoms with Crippen LogP contribution in [0.1, 0.15) is 10.4 Å². The monoisotopic (exact) mass is 295 g/mol. The van der Waals surface area contributed by atoms with E-state index in [9.17, 15) is 4.79 Å². The summed E-state index contributed by atoms with van der Waals surface area (Å²) >= 11 is 3.30. The van der Waals surface area contributed by atoms with Gasteiger partial charge in [-0.05, 0) is 28.1 Å². The van der Waals surface area contributed by atoms with Gasteiger partial charge in [-0.15, -0.1) is 0 Å². The van der Waals surface area contributed by atoms with E-state index < -0.39 is 5.97 Å². The van der Waals surface area contributed by atoms with Gasteiger partial charge >= 0.3 is 5.97 Å². The fourth-order valence-corrected chi connectivity index (χ4v) is 1.76. The van der Waals surface area contributed by atoms with E-state index in [1.165, 1.54) is 7.11 Å². The molecule has 0 bridgehead atoms. The summed E-state index contributed by atoms with van der Waals surface area (Å²) in [5.74, 6) is -0.462. The summed E-state index contributed by atoms with van der Waals surface area (Å²) in [6.45, 7) is 0. The molecule has 0 fully saturated rings. The first-order chi connectivity index (χ1) is 8.13. The number of halogens is 1. The highest BCUT2D eigenvalue weighted by molar-refractivity contribution is 9.10. The van der Waals surface area contributed by atoms with Crippen molar-refractivity contribution >= 4 is 27.6 Å². The van der Waals surface area contributed by atoms with Crippen LogP contribution in [-0.4, -0.2) is 22.9 Å². The van der Waals surface area contributed by atoms with Gasteiger partial charge in [-0.3, -0.25) is 0 Å². The minimum Gasteiger partial charge on any atom is -0.465 e. The number of nitrogen functional groups attached to an aromatic ring is 1. The number of hydrogen-bond donors (Lipinski definition) is 1. The molecule has 0 aliphatic heterocycles. The molecule has 1 aromatic carbocycles. The fraction of sp³-hybridized carbons (Fsp3) is 0.0909. The molecule has 1 heterocycles. The molecule has 0 saturated heterocycles.